The Hall–Kier alpha value is -1.08. The highest BCUT2D eigenvalue weighted by Crippen LogP contribution is 2.29. The van der Waals surface area contributed by atoms with Crippen LogP contribution in [0.5, 0.6) is 0 Å². The standard InChI is InChI=1S/C11H20N4O2S/c1-7-3-8(2)5-9(4-7)15-18(16,17)10-6-13-14-11(10)12/h6-9,15H,3-5H2,1-2H3,(H3,12,13,14). The first-order valence-corrected chi connectivity index (χ1v) is 7.68. The average Bonchev–Trinajstić information content (AvgIpc) is 2.62. The lowest BCUT2D eigenvalue weighted by Gasteiger charge is -2.31. The lowest BCUT2D eigenvalue weighted by Crippen LogP contribution is -2.40. The van der Waals surface area contributed by atoms with E-state index in [2.05, 4.69) is 28.8 Å². The van der Waals surface area contributed by atoms with Gasteiger partial charge in [-0.3, -0.25) is 5.10 Å². The number of anilines is 1. The maximum Gasteiger partial charge on any atom is 0.246 e. The van der Waals surface area contributed by atoms with Crippen LogP contribution in [0, 0.1) is 11.8 Å². The fourth-order valence-electron chi connectivity index (χ4n) is 2.83. The summed E-state index contributed by atoms with van der Waals surface area (Å²) in [5, 5.41) is 6.08. The Bertz CT molecular complexity index is 501. The van der Waals surface area contributed by atoms with Crippen molar-refractivity contribution in [3.8, 4) is 0 Å². The minimum atomic E-state index is -3.56. The Morgan fingerprint density at radius 2 is 1.94 bits per heavy atom. The quantitative estimate of drug-likeness (QED) is 0.766. The molecule has 1 aromatic rings. The van der Waals surface area contributed by atoms with Gasteiger partial charge in [0.15, 0.2) is 0 Å². The number of hydrogen-bond acceptors (Lipinski definition) is 4. The van der Waals surface area contributed by atoms with E-state index >= 15 is 0 Å². The summed E-state index contributed by atoms with van der Waals surface area (Å²) in [4.78, 5) is 0.0355. The highest BCUT2D eigenvalue weighted by atomic mass is 32.2. The largest absolute Gasteiger partial charge is 0.383 e. The van der Waals surface area contributed by atoms with Crippen molar-refractivity contribution in [1.29, 1.82) is 0 Å². The zero-order chi connectivity index (χ0) is 13.3. The molecule has 0 saturated heterocycles. The summed E-state index contributed by atoms with van der Waals surface area (Å²) in [6.45, 7) is 4.31. The second-order valence-corrected chi connectivity index (χ2v) is 7.07. The van der Waals surface area contributed by atoms with Crippen LogP contribution in [0.4, 0.5) is 5.82 Å². The van der Waals surface area contributed by atoms with Gasteiger partial charge in [0, 0.05) is 6.04 Å². The molecule has 6 nitrogen and oxygen atoms in total. The van der Waals surface area contributed by atoms with Gasteiger partial charge in [0.2, 0.25) is 10.0 Å². The maximum absolute atomic E-state index is 12.1. The van der Waals surface area contributed by atoms with E-state index in [4.69, 9.17) is 5.73 Å². The first kappa shape index (κ1) is 13.4. The molecule has 0 bridgehead atoms. The Kier molecular flexibility index (Phi) is 3.63. The molecule has 1 fully saturated rings. The van der Waals surface area contributed by atoms with E-state index in [1.165, 1.54) is 6.20 Å². The Labute approximate surface area is 107 Å². The van der Waals surface area contributed by atoms with Gasteiger partial charge in [-0.2, -0.15) is 5.10 Å². The lowest BCUT2D eigenvalue weighted by molar-refractivity contribution is 0.258. The van der Waals surface area contributed by atoms with Crippen LogP contribution in [-0.2, 0) is 10.0 Å². The van der Waals surface area contributed by atoms with Gasteiger partial charge in [-0.1, -0.05) is 13.8 Å². The van der Waals surface area contributed by atoms with Gasteiger partial charge in [0.1, 0.15) is 10.7 Å². The second kappa shape index (κ2) is 4.89. The molecule has 1 aliphatic rings. The van der Waals surface area contributed by atoms with E-state index < -0.39 is 10.0 Å². The maximum atomic E-state index is 12.1. The minimum Gasteiger partial charge on any atom is -0.383 e. The Balaban J connectivity index is 2.11. The van der Waals surface area contributed by atoms with Crippen LogP contribution in [0.25, 0.3) is 0 Å². The fraction of sp³-hybridized carbons (Fsp3) is 0.727. The van der Waals surface area contributed by atoms with Crippen molar-refractivity contribution in [2.45, 2.75) is 44.0 Å². The summed E-state index contributed by atoms with van der Waals surface area (Å²) in [6, 6.07) is -0.0111. The van der Waals surface area contributed by atoms with Crippen molar-refractivity contribution in [2.75, 3.05) is 5.73 Å². The van der Waals surface area contributed by atoms with E-state index in [1.807, 2.05) is 0 Å². The van der Waals surface area contributed by atoms with Crippen LogP contribution >= 0.6 is 0 Å². The molecule has 2 rings (SSSR count). The predicted molar refractivity (Wildman–Crippen MR) is 69.3 cm³/mol. The van der Waals surface area contributed by atoms with Crippen molar-refractivity contribution in [3.05, 3.63) is 6.20 Å². The van der Waals surface area contributed by atoms with Gasteiger partial charge >= 0.3 is 0 Å². The summed E-state index contributed by atoms with van der Waals surface area (Å²) >= 11 is 0. The molecule has 7 heteroatoms. The molecule has 0 spiro atoms. The van der Waals surface area contributed by atoms with Gasteiger partial charge in [-0.15, -0.1) is 0 Å². The number of sulfonamides is 1. The van der Waals surface area contributed by atoms with E-state index in [9.17, 15) is 8.42 Å². The van der Waals surface area contributed by atoms with Crippen LogP contribution in [0.3, 0.4) is 0 Å². The van der Waals surface area contributed by atoms with Crippen LogP contribution < -0.4 is 10.5 Å². The number of nitrogens with one attached hydrogen (secondary N) is 2. The van der Waals surface area contributed by atoms with Gasteiger partial charge < -0.3 is 5.73 Å². The van der Waals surface area contributed by atoms with Crippen LogP contribution in [0.15, 0.2) is 11.1 Å². The topological polar surface area (TPSA) is 101 Å². The molecule has 18 heavy (non-hydrogen) atoms. The van der Waals surface area contributed by atoms with E-state index in [0.717, 1.165) is 19.3 Å². The van der Waals surface area contributed by atoms with E-state index in [1.54, 1.807) is 0 Å². The molecule has 102 valence electrons. The number of nitrogen functional groups attached to an aromatic ring is 1. The first-order chi connectivity index (χ1) is 8.38. The molecular weight excluding hydrogens is 252 g/mol. The van der Waals surface area contributed by atoms with E-state index in [0.29, 0.717) is 11.8 Å². The normalized spacial score (nSPS) is 29.3. The van der Waals surface area contributed by atoms with Crippen molar-refractivity contribution in [3.63, 3.8) is 0 Å². The summed E-state index contributed by atoms with van der Waals surface area (Å²) in [7, 11) is -3.56. The predicted octanol–water partition coefficient (Wildman–Crippen LogP) is 1.09. The zero-order valence-corrected chi connectivity index (χ0v) is 11.5. The van der Waals surface area contributed by atoms with Gasteiger partial charge in [-0.05, 0) is 31.1 Å². The van der Waals surface area contributed by atoms with Gasteiger partial charge in [-0.25, -0.2) is 13.1 Å². The summed E-state index contributed by atoms with van der Waals surface area (Å²) in [5.74, 6) is 1.17. The summed E-state index contributed by atoms with van der Waals surface area (Å²) < 4.78 is 27.0. The van der Waals surface area contributed by atoms with Crippen molar-refractivity contribution < 1.29 is 8.42 Å². The number of aromatic amines is 1. The van der Waals surface area contributed by atoms with Crippen LogP contribution in [0.1, 0.15) is 33.1 Å². The SMILES string of the molecule is CC1CC(C)CC(NS(=O)(=O)c2cn[nH]c2N)C1. The summed E-state index contributed by atoms with van der Waals surface area (Å²) in [6.07, 6.45) is 4.15. The van der Waals surface area contributed by atoms with Crippen LogP contribution in [0.2, 0.25) is 0 Å². The summed E-state index contributed by atoms with van der Waals surface area (Å²) in [5.41, 5.74) is 5.55. The third kappa shape index (κ3) is 2.84. The molecule has 0 amide bonds. The highest BCUT2D eigenvalue weighted by molar-refractivity contribution is 7.89. The highest BCUT2D eigenvalue weighted by Gasteiger charge is 2.29. The number of nitrogens with two attached hydrogens (primary N) is 1. The smallest absolute Gasteiger partial charge is 0.246 e. The third-order valence-corrected chi connectivity index (χ3v) is 4.97. The lowest BCUT2D eigenvalue weighted by atomic mass is 9.81. The third-order valence-electron chi connectivity index (χ3n) is 3.42. The number of hydrogen-bond donors (Lipinski definition) is 3. The fourth-order valence-corrected chi connectivity index (χ4v) is 4.11. The number of nitrogens with zero attached hydrogens (tertiary/aromatic N) is 1. The van der Waals surface area contributed by atoms with Gasteiger partial charge in [0.05, 0.1) is 6.20 Å². The molecule has 2 atom stereocenters. The van der Waals surface area contributed by atoms with Crippen molar-refractivity contribution in [2.24, 2.45) is 11.8 Å². The Morgan fingerprint density at radius 3 is 2.44 bits per heavy atom. The Morgan fingerprint density at radius 1 is 1.33 bits per heavy atom. The van der Waals surface area contributed by atoms with Crippen LogP contribution in [-0.4, -0.2) is 24.7 Å². The average molecular weight is 272 g/mol. The molecule has 1 aromatic heterocycles. The molecule has 1 heterocycles. The number of aromatic nitrogens is 2. The molecule has 0 aliphatic heterocycles. The molecule has 1 aliphatic carbocycles. The van der Waals surface area contributed by atoms with Gasteiger partial charge in [0.25, 0.3) is 0 Å². The zero-order valence-electron chi connectivity index (χ0n) is 10.7. The molecule has 1 saturated carbocycles. The second-order valence-electron chi connectivity index (χ2n) is 5.38. The van der Waals surface area contributed by atoms with Crippen molar-refractivity contribution in [1.82, 2.24) is 14.9 Å². The number of H-pyrrole nitrogens is 1. The number of rotatable bonds is 3. The first-order valence-electron chi connectivity index (χ1n) is 6.19. The monoisotopic (exact) mass is 272 g/mol. The van der Waals surface area contributed by atoms with E-state index in [-0.39, 0.29) is 16.8 Å². The molecule has 0 aromatic carbocycles. The van der Waals surface area contributed by atoms with Crippen molar-refractivity contribution >= 4 is 15.8 Å². The minimum absolute atomic E-state index is 0.0111. The molecular formula is C11H20N4O2S. The molecule has 0 radical (unpaired) electrons. The molecule has 2 unspecified atom stereocenters. The molecule has 4 N–H and O–H groups in total.